The first kappa shape index (κ1) is 22.0. The third-order valence-electron chi connectivity index (χ3n) is 5.30. The van der Waals surface area contributed by atoms with E-state index in [4.69, 9.17) is 0 Å². The SMILES string of the molecule is CC(=O)Nc1nc2ccc(-c3cn([C@@H]4CN[C@H](C(=O)Nc5ccc(F)c(F)c5)C4)nn3)nc2s1. The van der Waals surface area contributed by atoms with E-state index in [9.17, 15) is 18.4 Å². The maximum Gasteiger partial charge on any atom is 0.241 e. The van der Waals surface area contributed by atoms with Gasteiger partial charge in [-0.2, -0.15) is 0 Å². The number of nitrogens with one attached hydrogen (secondary N) is 3. The zero-order valence-electron chi connectivity index (χ0n) is 17.7. The van der Waals surface area contributed by atoms with Crippen molar-refractivity contribution in [2.75, 3.05) is 17.2 Å². The van der Waals surface area contributed by atoms with Crippen LogP contribution in [0.25, 0.3) is 21.7 Å². The molecule has 1 fully saturated rings. The number of nitrogens with zero attached hydrogens (tertiary/aromatic N) is 5. The van der Waals surface area contributed by atoms with Crippen LogP contribution in [0.2, 0.25) is 0 Å². The number of halogens is 2. The molecule has 34 heavy (non-hydrogen) atoms. The number of thiazole rings is 1. The number of carbonyl (C=O) groups is 2. The Morgan fingerprint density at radius 3 is 2.76 bits per heavy atom. The second kappa shape index (κ2) is 8.83. The van der Waals surface area contributed by atoms with E-state index in [2.05, 4.69) is 36.2 Å². The van der Waals surface area contributed by atoms with E-state index in [-0.39, 0.29) is 23.5 Å². The van der Waals surface area contributed by atoms with E-state index in [1.54, 1.807) is 23.0 Å². The molecule has 2 amide bonds. The van der Waals surface area contributed by atoms with Crippen LogP contribution in [0.3, 0.4) is 0 Å². The number of aromatic nitrogens is 5. The third-order valence-corrected chi connectivity index (χ3v) is 6.18. The van der Waals surface area contributed by atoms with E-state index >= 15 is 0 Å². The first-order chi connectivity index (χ1) is 16.4. The molecular formula is C21H18F2N8O2S. The van der Waals surface area contributed by atoms with Gasteiger partial charge in [0.1, 0.15) is 16.0 Å². The van der Waals surface area contributed by atoms with Gasteiger partial charge in [0.15, 0.2) is 16.8 Å². The van der Waals surface area contributed by atoms with Gasteiger partial charge in [0.2, 0.25) is 11.8 Å². The minimum absolute atomic E-state index is 0.125. The zero-order valence-corrected chi connectivity index (χ0v) is 18.6. The van der Waals surface area contributed by atoms with Crippen LogP contribution in [-0.4, -0.2) is 49.4 Å². The van der Waals surface area contributed by atoms with E-state index in [1.165, 1.54) is 24.3 Å². The van der Waals surface area contributed by atoms with Crippen molar-refractivity contribution in [1.29, 1.82) is 0 Å². The lowest BCUT2D eigenvalue weighted by Crippen LogP contribution is -2.35. The van der Waals surface area contributed by atoms with E-state index in [0.717, 1.165) is 12.1 Å². The monoisotopic (exact) mass is 484 g/mol. The molecule has 4 heterocycles. The summed E-state index contributed by atoms with van der Waals surface area (Å²) in [4.78, 5) is 33.3. The molecule has 0 bridgehead atoms. The summed E-state index contributed by atoms with van der Waals surface area (Å²) in [6, 6.07) is 6.14. The maximum atomic E-state index is 13.4. The van der Waals surface area contributed by atoms with E-state index in [1.807, 2.05) is 0 Å². The Morgan fingerprint density at radius 1 is 1.12 bits per heavy atom. The Morgan fingerprint density at radius 2 is 1.97 bits per heavy atom. The lowest BCUT2D eigenvalue weighted by Gasteiger charge is -2.11. The van der Waals surface area contributed by atoms with Crippen LogP contribution in [0.1, 0.15) is 19.4 Å². The fourth-order valence-electron chi connectivity index (χ4n) is 3.66. The van der Waals surface area contributed by atoms with Crippen molar-refractivity contribution in [3.8, 4) is 11.4 Å². The molecule has 174 valence electrons. The molecule has 0 aliphatic carbocycles. The molecule has 1 aliphatic rings. The average Bonchev–Trinajstić information content (AvgIpc) is 3.54. The summed E-state index contributed by atoms with van der Waals surface area (Å²) in [6.07, 6.45) is 2.20. The molecule has 0 unspecified atom stereocenters. The molecule has 10 nitrogen and oxygen atoms in total. The molecule has 3 N–H and O–H groups in total. The molecule has 3 aromatic heterocycles. The van der Waals surface area contributed by atoms with E-state index < -0.39 is 17.7 Å². The number of fused-ring (bicyclic) bond motifs is 1. The van der Waals surface area contributed by atoms with Crippen molar-refractivity contribution in [2.24, 2.45) is 0 Å². The Kier molecular flexibility index (Phi) is 5.71. The van der Waals surface area contributed by atoms with Gasteiger partial charge in [-0.15, -0.1) is 5.10 Å². The lowest BCUT2D eigenvalue weighted by atomic mass is 10.1. The van der Waals surface area contributed by atoms with Crippen molar-refractivity contribution < 1.29 is 18.4 Å². The van der Waals surface area contributed by atoms with Crippen LogP contribution in [0, 0.1) is 11.6 Å². The molecule has 13 heteroatoms. The molecule has 5 rings (SSSR count). The minimum atomic E-state index is -1.03. The molecular weight excluding hydrogens is 466 g/mol. The fraction of sp³-hybridized carbons (Fsp3) is 0.238. The second-order valence-corrected chi connectivity index (χ2v) is 8.75. The van der Waals surface area contributed by atoms with Crippen LogP contribution in [0.4, 0.5) is 19.6 Å². The molecule has 1 saturated heterocycles. The maximum absolute atomic E-state index is 13.4. The molecule has 4 aromatic rings. The summed E-state index contributed by atoms with van der Waals surface area (Å²) in [5, 5.41) is 17.2. The quantitative estimate of drug-likeness (QED) is 0.398. The Hall–Kier alpha value is -3.84. The van der Waals surface area contributed by atoms with Gasteiger partial charge in [0, 0.05) is 25.2 Å². The smallest absolute Gasteiger partial charge is 0.241 e. The first-order valence-corrected chi connectivity index (χ1v) is 11.1. The highest BCUT2D eigenvalue weighted by Gasteiger charge is 2.31. The Bertz CT molecular complexity index is 1400. The van der Waals surface area contributed by atoms with Crippen LogP contribution in [-0.2, 0) is 9.59 Å². The highest BCUT2D eigenvalue weighted by molar-refractivity contribution is 7.21. The topological polar surface area (TPSA) is 127 Å². The highest BCUT2D eigenvalue weighted by atomic mass is 32.1. The van der Waals surface area contributed by atoms with Gasteiger partial charge < -0.3 is 16.0 Å². The minimum Gasteiger partial charge on any atom is -0.325 e. The van der Waals surface area contributed by atoms with Crippen LogP contribution in [0.5, 0.6) is 0 Å². The van der Waals surface area contributed by atoms with Crippen molar-refractivity contribution in [3.63, 3.8) is 0 Å². The van der Waals surface area contributed by atoms with Gasteiger partial charge in [-0.05, 0) is 30.7 Å². The standard InChI is InChI=1S/C21H18F2N8O2S/c1-10(32)25-21-28-16-5-4-15(27-20(16)34-21)18-9-31(30-29-18)12-7-17(24-8-12)19(33)26-11-2-3-13(22)14(23)6-11/h2-6,9,12,17,24H,7-8H2,1H3,(H,26,33)(H,25,28,32)/t12-,17-/m0/s1. The molecule has 2 atom stereocenters. The van der Waals surface area contributed by atoms with Crippen molar-refractivity contribution in [3.05, 3.63) is 48.2 Å². The highest BCUT2D eigenvalue weighted by Crippen LogP contribution is 2.28. The van der Waals surface area contributed by atoms with E-state index in [0.29, 0.717) is 39.8 Å². The fourth-order valence-corrected chi connectivity index (χ4v) is 4.54. The number of pyridine rings is 1. The summed E-state index contributed by atoms with van der Waals surface area (Å²) in [6.45, 7) is 1.90. The van der Waals surface area contributed by atoms with Crippen LogP contribution < -0.4 is 16.0 Å². The number of carbonyl (C=O) groups excluding carboxylic acids is 2. The molecule has 1 aliphatic heterocycles. The van der Waals surface area contributed by atoms with Gasteiger partial charge in [0.05, 0.1) is 24.0 Å². The molecule has 0 spiro atoms. The summed E-state index contributed by atoms with van der Waals surface area (Å²) < 4.78 is 28.1. The zero-order chi connectivity index (χ0) is 23.8. The number of amides is 2. The average molecular weight is 484 g/mol. The molecule has 0 saturated carbocycles. The van der Waals surface area contributed by atoms with Gasteiger partial charge in [-0.25, -0.2) is 23.4 Å². The Balaban J connectivity index is 1.26. The normalized spacial score (nSPS) is 17.7. The number of hydrogen-bond donors (Lipinski definition) is 3. The first-order valence-electron chi connectivity index (χ1n) is 10.3. The number of rotatable bonds is 5. The largest absolute Gasteiger partial charge is 0.325 e. The number of hydrogen-bond acceptors (Lipinski definition) is 8. The van der Waals surface area contributed by atoms with Crippen LogP contribution in [0.15, 0.2) is 36.5 Å². The summed E-state index contributed by atoms with van der Waals surface area (Å²) in [5.74, 6) is -2.55. The van der Waals surface area contributed by atoms with Gasteiger partial charge in [-0.1, -0.05) is 16.6 Å². The van der Waals surface area contributed by atoms with Gasteiger partial charge in [0.25, 0.3) is 0 Å². The van der Waals surface area contributed by atoms with Gasteiger partial charge in [-0.3, -0.25) is 9.59 Å². The Labute approximate surface area is 195 Å². The summed E-state index contributed by atoms with van der Waals surface area (Å²) in [5.41, 5.74) is 2.02. The number of anilines is 2. The predicted molar refractivity (Wildman–Crippen MR) is 121 cm³/mol. The third kappa shape index (κ3) is 4.47. The number of benzene rings is 1. The second-order valence-electron chi connectivity index (χ2n) is 7.77. The van der Waals surface area contributed by atoms with Crippen molar-refractivity contribution in [1.82, 2.24) is 30.3 Å². The predicted octanol–water partition coefficient (Wildman–Crippen LogP) is 2.73. The van der Waals surface area contributed by atoms with Crippen molar-refractivity contribution in [2.45, 2.75) is 25.4 Å². The summed E-state index contributed by atoms with van der Waals surface area (Å²) >= 11 is 1.26. The molecule has 1 aromatic carbocycles. The summed E-state index contributed by atoms with van der Waals surface area (Å²) in [7, 11) is 0. The molecule has 0 radical (unpaired) electrons. The van der Waals surface area contributed by atoms with Gasteiger partial charge >= 0.3 is 0 Å². The van der Waals surface area contributed by atoms with Crippen molar-refractivity contribution >= 4 is 44.3 Å². The van der Waals surface area contributed by atoms with Crippen LogP contribution >= 0.6 is 11.3 Å². The lowest BCUT2D eigenvalue weighted by molar-refractivity contribution is -0.118.